The van der Waals surface area contributed by atoms with Gasteiger partial charge in [-0.15, -0.1) is 0 Å². The van der Waals surface area contributed by atoms with Gasteiger partial charge in [-0.05, 0) is 44.4 Å². The van der Waals surface area contributed by atoms with Gasteiger partial charge in [0.2, 0.25) is 0 Å². The van der Waals surface area contributed by atoms with E-state index in [1.165, 1.54) is 45.6 Å². The van der Waals surface area contributed by atoms with Crippen LogP contribution in [0.2, 0.25) is 0 Å². The molecule has 2 heteroatoms. The van der Waals surface area contributed by atoms with Crippen molar-refractivity contribution in [2.24, 2.45) is 17.8 Å². The highest BCUT2D eigenvalue weighted by molar-refractivity contribution is 5.10. The minimum atomic E-state index is 0.725. The van der Waals surface area contributed by atoms with Crippen LogP contribution in [0.3, 0.4) is 0 Å². The van der Waals surface area contributed by atoms with E-state index < -0.39 is 0 Å². The molecule has 2 aliphatic carbocycles. The maximum atomic E-state index is 2.71. The van der Waals surface area contributed by atoms with Gasteiger partial charge in [-0.1, -0.05) is 12.2 Å². The van der Waals surface area contributed by atoms with Crippen LogP contribution >= 0.6 is 0 Å². The molecule has 2 fully saturated rings. The topological polar surface area (TPSA) is 6.48 Å². The fourth-order valence-corrected chi connectivity index (χ4v) is 3.90. The molecule has 3 atom stereocenters. The number of allylic oxidation sites excluding steroid dienone is 2. The summed E-state index contributed by atoms with van der Waals surface area (Å²) in [7, 11) is 0. The van der Waals surface area contributed by atoms with Crippen LogP contribution < -0.4 is 0 Å². The van der Waals surface area contributed by atoms with E-state index in [0.717, 1.165) is 23.8 Å². The van der Waals surface area contributed by atoms with Crippen LogP contribution in [0.25, 0.3) is 0 Å². The van der Waals surface area contributed by atoms with Crippen LogP contribution in [0.4, 0.5) is 0 Å². The summed E-state index contributed by atoms with van der Waals surface area (Å²) in [5.74, 6) is 2.82. The predicted octanol–water partition coefficient (Wildman–Crippen LogP) is 2.22. The summed E-state index contributed by atoms with van der Waals surface area (Å²) in [6.45, 7) is 11.1. The second-order valence-corrected chi connectivity index (χ2v) is 6.47. The van der Waals surface area contributed by atoms with E-state index in [4.69, 9.17) is 0 Å². The molecule has 3 rings (SSSR count). The molecule has 3 aliphatic rings. The number of hydrogen-bond donors (Lipinski definition) is 0. The molecule has 2 bridgehead atoms. The van der Waals surface area contributed by atoms with E-state index in [2.05, 4.69) is 35.8 Å². The monoisotopic (exact) mass is 234 g/mol. The molecule has 17 heavy (non-hydrogen) atoms. The summed E-state index contributed by atoms with van der Waals surface area (Å²) in [5, 5.41) is 0. The van der Waals surface area contributed by atoms with Crippen LogP contribution in [0.15, 0.2) is 12.2 Å². The third-order valence-electron chi connectivity index (χ3n) is 5.05. The number of rotatable bonds is 3. The van der Waals surface area contributed by atoms with E-state index in [0.29, 0.717) is 0 Å². The van der Waals surface area contributed by atoms with Gasteiger partial charge in [-0.25, -0.2) is 0 Å². The van der Waals surface area contributed by atoms with Crippen molar-refractivity contribution < 1.29 is 0 Å². The number of fused-ring (bicyclic) bond motifs is 2. The van der Waals surface area contributed by atoms with Gasteiger partial charge in [0, 0.05) is 38.8 Å². The minimum Gasteiger partial charge on any atom is -0.300 e. The maximum Gasteiger partial charge on any atom is 0.0113 e. The predicted molar refractivity (Wildman–Crippen MR) is 72.0 cm³/mol. The lowest BCUT2D eigenvalue weighted by molar-refractivity contribution is 0.0932. The molecule has 1 saturated heterocycles. The van der Waals surface area contributed by atoms with Crippen molar-refractivity contribution in [3.05, 3.63) is 12.2 Å². The summed E-state index contributed by atoms with van der Waals surface area (Å²) in [6, 6.07) is 0.725. The van der Waals surface area contributed by atoms with Gasteiger partial charge in [-0.2, -0.15) is 0 Å². The Balaban J connectivity index is 1.47. The Bertz CT molecular complexity index is 289. The Hall–Kier alpha value is -0.340. The quantitative estimate of drug-likeness (QED) is 0.691. The largest absolute Gasteiger partial charge is 0.300 e. The molecule has 0 spiro atoms. The minimum absolute atomic E-state index is 0.725. The zero-order valence-electron chi connectivity index (χ0n) is 11.3. The van der Waals surface area contributed by atoms with Crippen molar-refractivity contribution in [3.8, 4) is 0 Å². The van der Waals surface area contributed by atoms with E-state index in [9.17, 15) is 0 Å². The normalized spacial score (nSPS) is 38.4. The van der Waals surface area contributed by atoms with Crippen LogP contribution in [0, 0.1) is 17.8 Å². The summed E-state index contributed by atoms with van der Waals surface area (Å²) >= 11 is 0. The zero-order chi connectivity index (χ0) is 11.8. The first-order chi connectivity index (χ1) is 8.22. The average Bonchev–Trinajstić information content (AvgIpc) is 2.91. The number of nitrogens with zero attached hydrogens (tertiary/aromatic N) is 2. The van der Waals surface area contributed by atoms with E-state index in [-0.39, 0.29) is 0 Å². The SMILES string of the molecule is CC(C)N1CCN(CC2CC3C=CC2C3)CC1. The van der Waals surface area contributed by atoms with Gasteiger partial charge in [0.05, 0.1) is 0 Å². The van der Waals surface area contributed by atoms with Crippen LogP contribution in [-0.4, -0.2) is 48.6 Å². The van der Waals surface area contributed by atoms with Crippen molar-refractivity contribution in [3.63, 3.8) is 0 Å². The summed E-state index contributed by atoms with van der Waals surface area (Å²) in [6.07, 6.45) is 7.86. The van der Waals surface area contributed by atoms with Crippen molar-refractivity contribution in [2.45, 2.75) is 32.7 Å². The Labute approximate surface area is 106 Å². The third kappa shape index (κ3) is 2.43. The smallest absolute Gasteiger partial charge is 0.0113 e. The van der Waals surface area contributed by atoms with Crippen LogP contribution in [-0.2, 0) is 0 Å². The molecular formula is C15H26N2. The molecule has 0 radical (unpaired) electrons. The van der Waals surface area contributed by atoms with E-state index in [1.54, 1.807) is 0 Å². The number of piperazine rings is 1. The second-order valence-electron chi connectivity index (χ2n) is 6.47. The Morgan fingerprint density at radius 3 is 2.35 bits per heavy atom. The Kier molecular flexibility index (Phi) is 3.27. The molecule has 1 saturated carbocycles. The highest BCUT2D eigenvalue weighted by atomic mass is 15.3. The molecule has 0 amide bonds. The van der Waals surface area contributed by atoms with Gasteiger partial charge >= 0.3 is 0 Å². The van der Waals surface area contributed by atoms with E-state index >= 15 is 0 Å². The van der Waals surface area contributed by atoms with Crippen LogP contribution in [0.1, 0.15) is 26.7 Å². The molecule has 0 aromatic heterocycles. The molecular weight excluding hydrogens is 208 g/mol. The summed E-state index contributed by atoms with van der Waals surface area (Å²) in [5.41, 5.74) is 0. The van der Waals surface area contributed by atoms with Gasteiger partial charge in [-0.3, -0.25) is 4.90 Å². The molecule has 0 aromatic carbocycles. The zero-order valence-corrected chi connectivity index (χ0v) is 11.3. The standard InChI is InChI=1S/C15H26N2/c1-12(2)17-7-5-16(6-8-17)11-15-10-13-3-4-14(15)9-13/h3-4,12-15H,5-11H2,1-2H3. The van der Waals surface area contributed by atoms with Gasteiger partial charge in [0.25, 0.3) is 0 Å². The lowest BCUT2D eigenvalue weighted by Gasteiger charge is -2.38. The first-order valence-electron chi connectivity index (χ1n) is 7.37. The first kappa shape index (κ1) is 11.7. The van der Waals surface area contributed by atoms with Gasteiger partial charge < -0.3 is 4.90 Å². The highest BCUT2D eigenvalue weighted by Crippen LogP contribution is 2.43. The summed E-state index contributed by atoms with van der Waals surface area (Å²) < 4.78 is 0. The highest BCUT2D eigenvalue weighted by Gasteiger charge is 2.36. The molecule has 1 aliphatic heterocycles. The van der Waals surface area contributed by atoms with Gasteiger partial charge in [0.1, 0.15) is 0 Å². The average molecular weight is 234 g/mol. The van der Waals surface area contributed by atoms with Crippen molar-refractivity contribution in [1.82, 2.24) is 9.80 Å². The van der Waals surface area contributed by atoms with E-state index in [1.807, 2.05) is 0 Å². The fourth-order valence-electron chi connectivity index (χ4n) is 3.90. The van der Waals surface area contributed by atoms with Crippen LogP contribution in [0.5, 0.6) is 0 Å². The van der Waals surface area contributed by atoms with Crippen molar-refractivity contribution >= 4 is 0 Å². The Morgan fingerprint density at radius 1 is 1.06 bits per heavy atom. The molecule has 0 N–H and O–H groups in total. The fraction of sp³-hybridized carbons (Fsp3) is 0.867. The third-order valence-corrected chi connectivity index (χ3v) is 5.05. The second kappa shape index (κ2) is 4.74. The molecule has 2 nitrogen and oxygen atoms in total. The molecule has 1 heterocycles. The number of hydrogen-bond acceptors (Lipinski definition) is 2. The first-order valence-corrected chi connectivity index (χ1v) is 7.37. The molecule has 96 valence electrons. The molecule has 0 aromatic rings. The summed E-state index contributed by atoms with van der Waals surface area (Å²) in [4.78, 5) is 5.31. The van der Waals surface area contributed by atoms with Gasteiger partial charge in [0.15, 0.2) is 0 Å². The van der Waals surface area contributed by atoms with Crippen molar-refractivity contribution in [1.29, 1.82) is 0 Å². The molecule has 3 unspecified atom stereocenters. The maximum absolute atomic E-state index is 2.71. The lowest BCUT2D eigenvalue weighted by Crippen LogP contribution is -2.50. The lowest BCUT2D eigenvalue weighted by atomic mass is 9.93. The van der Waals surface area contributed by atoms with Crippen molar-refractivity contribution in [2.75, 3.05) is 32.7 Å². The Morgan fingerprint density at radius 2 is 1.82 bits per heavy atom.